The number of nitrogens with one attached hydrogen (secondary N) is 1. The van der Waals surface area contributed by atoms with Crippen molar-refractivity contribution in [1.82, 2.24) is 5.32 Å². The zero-order valence-corrected chi connectivity index (χ0v) is 9.42. The summed E-state index contributed by atoms with van der Waals surface area (Å²) in [5, 5.41) is 19.7. The molecule has 0 aliphatic rings. The minimum Gasteiger partial charge on any atom is -0.481 e. The van der Waals surface area contributed by atoms with Crippen molar-refractivity contribution in [2.75, 3.05) is 0 Å². The molecule has 0 radical (unpaired) electrons. The first-order valence-electron chi connectivity index (χ1n) is 5.00. The SMILES string of the molecule is CC(O)C(N)C(=O)NC(CCC(=O)O)C(N)=O. The number of carboxylic acid groups (broad SMARTS) is 1. The zero-order valence-electron chi connectivity index (χ0n) is 9.42. The molecule has 8 heteroatoms. The second-order valence-electron chi connectivity index (χ2n) is 3.66. The van der Waals surface area contributed by atoms with Gasteiger partial charge in [0.05, 0.1) is 6.10 Å². The number of aliphatic hydroxyl groups is 1. The van der Waals surface area contributed by atoms with Crippen LogP contribution in [0.2, 0.25) is 0 Å². The molecule has 0 aromatic heterocycles. The van der Waals surface area contributed by atoms with E-state index in [-0.39, 0.29) is 12.8 Å². The molecule has 0 aromatic carbocycles. The van der Waals surface area contributed by atoms with E-state index < -0.39 is 36.0 Å². The van der Waals surface area contributed by atoms with Gasteiger partial charge in [0.1, 0.15) is 12.1 Å². The number of hydrogen-bond acceptors (Lipinski definition) is 5. The number of rotatable bonds is 7. The summed E-state index contributed by atoms with van der Waals surface area (Å²) in [6.07, 6.45) is -1.51. The summed E-state index contributed by atoms with van der Waals surface area (Å²) in [5.74, 6) is -2.71. The molecule has 0 aliphatic heterocycles. The predicted octanol–water partition coefficient (Wildman–Crippen LogP) is -2.47. The van der Waals surface area contributed by atoms with Gasteiger partial charge in [-0.3, -0.25) is 14.4 Å². The number of primary amides is 1. The van der Waals surface area contributed by atoms with Gasteiger partial charge in [0.25, 0.3) is 0 Å². The first kappa shape index (κ1) is 15.3. The molecule has 0 heterocycles. The summed E-state index contributed by atoms with van der Waals surface area (Å²) in [7, 11) is 0. The second-order valence-corrected chi connectivity index (χ2v) is 3.66. The maximum atomic E-state index is 11.4. The van der Waals surface area contributed by atoms with Crippen molar-refractivity contribution >= 4 is 17.8 Å². The van der Waals surface area contributed by atoms with Crippen LogP contribution in [0.15, 0.2) is 0 Å². The summed E-state index contributed by atoms with van der Waals surface area (Å²) < 4.78 is 0. The molecule has 0 spiro atoms. The van der Waals surface area contributed by atoms with Gasteiger partial charge in [-0.05, 0) is 13.3 Å². The van der Waals surface area contributed by atoms with E-state index in [1.807, 2.05) is 0 Å². The number of carboxylic acids is 1. The Balaban J connectivity index is 4.39. The Hall–Kier alpha value is -1.67. The van der Waals surface area contributed by atoms with Gasteiger partial charge in [-0.15, -0.1) is 0 Å². The van der Waals surface area contributed by atoms with Crippen LogP contribution < -0.4 is 16.8 Å². The molecular weight excluding hydrogens is 230 g/mol. The van der Waals surface area contributed by atoms with Gasteiger partial charge in [-0.2, -0.15) is 0 Å². The van der Waals surface area contributed by atoms with Crippen LogP contribution in [0, 0.1) is 0 Å². The lowest BCUT2D eigenvalue weighted by Gasteiger charge is -2.19. The van der Waals surface area contributed by atoms with E-state index in [4.69, 9.17) is 21.7 Å². The monoisotopic (exact) mass is 247 g/mol. The van der Waals surface area contributed by atoms with E-state index >= 15 is 0 Å². The van der Waals surface area contributed by atoms with Crippen molar-refractivity contribution in [2.45, 2.75) is 38.0 Å². The highest BCUT2D eigenvalue weighted by molar-refractivity contribution is 5.89. The molecule has 0 saturated carbocycles. The normalized spacial score (nSPS) is 15.7. The lowest BCUT2D eigenvalue weighted by Crippen LogP contribution is -2.53. The number of aliphatic carboxylic acids is 1. The topological polar surface area (TPSA) is 156 Å². The van der Waals surface area contributed by atoms with Crippen LogP contribution in [0.1, 0.15) is 19.8 Å². The van der Waals surface area contributed by atoms with Crippen LogP contribution in [0.3, 0.4) is 0 Å². The number of amides is 2. The molecule has 98 valence electrons. The van der Waals surface area contributed by atoms with E-state index in [1.165, 1.54) is 6.92 Å². The second kappa shape index (κ2) is 6.81. The van der Waals surface area contributed by atoms with Crippen LogP contribution in [0.4, 0.5) is 0 Å². The van der Waals surface area contributed by atoms with Crippen LogP contribution in [0.25, 0.3) is 0 Å². The molecule has 8 nitrogen and oxygen atoms in total. The molecule has 0 bridgehead atoms. The number of aliphatic hydroxyl groups excluding tert-OH is 1. The summed E-state index contributed by atoms with van der Waals surface area (Å²) >= 11 is 0. The summed E-state index contributed by atoms with van der Waals surface area (Å²) in [4.78, 5) is 32.7. The summed E-state index contributed by atoms with van der Waals surface area (Å²) in [6, 6.07) is -2.30. The molecule has 17 heavy (non-hydrogen) atoms. The van der Waals surface area contributed by atoms with Gasteiger partial charge >= 0.3 is 5.97 Å². The highest BCUT2D eigenvalue weighted by atomic mass is 16.4. The Morgan fingerprint density at radius 2 is 1.88 bits per heavy atom. The molecule has 0 rings (SSSR count). The molecule has 0 saturated heterocycles. The van der Waals surface area contributed by atoms with Gasteiger partial charge in [0.2, 0.25) is 11.8 Å². The average Bonchev–Trinajstić information content (AvgIpc) is 2.21. The molecule has 2 amide bonds. The minimum absolute atomic E-state index is 0.122. The third-order valence-corrected chi connectivity index (χ3v) is 2.13. The maximum absolute atomic E-state index is 11.4. The maximum Gasteiger partial charge on any atom is 0.303 e. The third-order valence-electron chi connectivity index (χ3n) is 2.13. The highest BCUT2D eigenvalue weighted by Gasteiger charge is 2.24. The first-order valence-corrected chi connectivity index (χ1v) is 5.00. The number of carbonyl (C=O) groups excluding carboxylic acids is 2. The van der Waals surface area contributed by atoms with E-state index in [0.29, 0.717) is 0 Å². The lowest BCUT2D eigenvalue weighted by molar-refractivity contribution is -0.138. The average molecular weight is 247 g/mol. The number of hydrogen-bond donors (Lipinski definition) is 5. The Kier molecular flexibility index (Phi) is 6.15. The quantitative estimate of drug-likeness (QED) is 0.335. The van der Waals surface area contributed by atoms with E-state index in [0.717, 1.165) is 0 Å². The summed E-state index contributed by atoms with van der Waals surface area (Å²) in [5.41, 5.74) is 10.3. The molecular formula is C9H17N3O5. The zero-order chi connectivity index (χ0) is 13.6. The van der Waals surface area contributed by atoms with Crippen LogP contribution in [-0.2, 0) is 14.4 Å². The minimum atomic E-state index is -1.19. The third kappa shape index (κ3) is 5.83. The first-order chi connectivity index (χ1) is 7.75. The smallest absolute Gasteiger partial charge is 0.303 e. The number of carbonyl (C=O) groups is 3. The van der Waals surface area contributed by atoms with Crippen molar-refractivity contribution < 1.29 is 24.6 Å². The molecule has 0 aliphatic carbocycles. The fourth-order valence-corrected chi connectivity index (χ4v) is 1.04. The lowest BCUT2D eigenvalue weighted by atomic mass is 10.1. The van der Waals surface area contributed by atoms with Crippen molar-refractivity contribution in [3.05, 3.63) is 0 Å². The molecule has 3 atom stereocenters. The fourth-order valence-electron chi connectivity index (χ4n) is 1.04. The van der Waals surface area contributed by atoms with Gasteiger partial charge in [-0.1, -0.05) is 0 Å². The number of nitrogens with two attached hydrogens (primary N) is 2. The van der Waals surface area contributed by atoms with Crippen LogP contribution >= 0.6 is 0 Å². The largest absolute Gasteiger partial charge is 0.481 e. The molecule has 0 aromatic rings. The molecule has 3 unspecified atom stereocenters. The predicted molar refractivity (Wildman–Crippen MR) is 57.7 cm³/mol. The standard InChI is InChI=1S/C9H17N3O5/c1-4(13)7(10)9(17)12-5(8(11)16)2-3-6(14)15/h4-5,7,13H,2-3,10H2,1H3,(H2,11,16)(H,12,17)(H,14,15). The van der Waals surface area contributed by atoms with E-state index in [2.05, 4.69) is 5.32 Å². The van der Waals surface area contributed by atoms with Gasteiger partial charge in [0, 0.05) is 6.42 Å². The van der Waals surface area contributed by atoms with Gasteiger partial charge < -0.3 is 27.0 Å². The van der Waals surface area contributed by atoms with Crippen molar-refractivity contribution in [3.8, 4) is 0 Å². The Morgan fingerprint density at radius 3 is 2.24 bits per heavy atom. The van der Waals surface area contributed by atoms with Crippen molar-refractivity contribution in [1.29, 1.82) is 0 Å². The van der Waals surface area contributed by atoms with Crippen molar-refractivity contribution in [3.63, 3.8) is 0 Å². The Bertz CT molecular complexity index is 305. The Labute approximate surface area is 98.0 Å². The van der Waals surface area contributed by atoms with Crippen LogP contribution in [-0.4, -0.2) is 46.2 Å². The van der Waals surface area contributed by atoms with Crippen molar-refractivity contribution in [2.24, 2.45) is 11.5 Å². The molecule has 0 fully saturated rings. The summed E-state index contributed by atoms with van der Waals surface area (Å²) in [6.45, 7) is 1.32. The fraction of sp³-hybridized carbons (Fsp3) is 0.667. The highest BCUT2D eigenvalue weighted by Crippen LogP contribution is 1.99. The molecule has 7 N–H and O–H groups in total. The van der Waals surface area contributed by atoms with Gasteiger partial charge in [-0.25, -0.2) is 0 Å². The van der Waals surface area contributed by atoms with Crippen LogP contribution in [0.5, 0.6) is 0 Å². The van der Waals surface area contributed by atoms with Gasteiger partial charge in [0.15, 0.2) is 0 Å². The van der Waals surface area contributed by atoms with E-state index in [1.54, 1.807) is 0 Å². The van der Waals surface area contributed by atoms with E-state index in [9.17, 15) is 14.4 Å². The Morgan fingerprint density at radius 1 is 1.35 bits per heavy atom.